The number of benzene rings is 1. The van der Waals surface area contributed by atoms with Crippen LogP contribution in [0.25, 0.3) is 0 Å². The van der Waals surface area contributed by atoms with Gasteiger partial charge < -0.3 is 21.8 Å². The fourth-order valence-corrected chi connectivity index (χ4v) is 2.36. The molecular formula is C18H25F3N6O. The van der Waals surface area contributed by atoms with Gasteiger partial charge in [0, 0.05) is 17.6 Å². The van der Waals surface area contributed by atoms with E-state index >= 15 is 0 Å². The van der Waals surface area contributed by atoms with Crippen molar-refractivity contribution in [2.45, 2.75) is 44.8 Å². The number of unbranched alkanes of at least 4 members (excludes halogenated alkanes) is 1. The number of anilines is 1. The third-order valence-corrected chi connectivity index (χ3v) is 4.00. The number of nitrogens with two attached hydrogens (primary N) is 2. The number of amides is 1. The summed E-state index contributed by atoms with van der Waals surface area (Å²) in [6.07, 6.45) is -1.03. The van der Waals surface area contributed by atoms with Gasteiger partial charge in [-0.3, -0.25) is 10.6 Å². The third-order valence-electron chi connectivity index (χ3n) is 4.00. The average molecular weight is 398 g/mol. The molecule has 0 aromatic heterocycles. The Morgan fingerprint density at radius 3 is 2.54 bits per heavy atom. The van der Waals surface area contributed by atoms with E-state index in [0.29, 0.717) is 18.7 Å². The van der Waals surface area contributed by atoms with E-state index in [1.54, 1.807) is 13.8 Å². The number of rotatable bonds is 9. The first-order valence-corrected chi connectivity index (χ1v) is 8.59. The molecule has 0 aliphatic rings. The molecule has 0 radical (unpaired) electrons. The molecule has 0 atom stereocenters. The maximum atomic E-state index is 13.0. The first kappa shape index (κ1) is 23.3. The Labute approximate surface area is 161 Å². The van der Waals surface area contributed by atoms with Gasteiger partial charge in [-0.1, -0.05) is 0 Å². The molecule has 0 aliphatic carbocycles. The fourth-order valence-electron chi connectivity index (χ4n) is 2.36. The molecular weight excluding hydrogens is 373 g/mol. The Morgan fingerprint density at radius 2 is 1.96 bits per heavy atom. The minimum Gasteiger partial charge on any atom is -0.401 e. The van der Waals surface area contributed by atoms with Crippen molar-refractivity contribution < 1.29 is 18.0 Å². The van der Waals surface area contributed by atoms with Crippen LogP contribution < -0.4 is 27.6 Å². The van der Waals surface area contributed by atoms with E-state index in [2.05, 4.69) is 16.1 Å². The van der Waals surface area contributed by atoms with Gasteiger partial charge in [-0.05, 0) is 57.9 Å². The predicted molar refractivity (Wildman–Crippen MR) is 100 cm³/mol. The summed E-state index contributed by atoms with van der Waals surface area (Å²) in [5.74, 6) is 4.63. The quantitative estimate of drug-likeness (QED) is 0.247. The van der Waals surface area contributed by atoms with E-state index in [9.17, 15) is 18.0 Å². The molecule has 1 rings (SSSR count). The first-order chi connectivity index (χ1) is 13.0. The molecule has 7 nitrogen and oxygen atoms in total. The number of allylic oxidation sites excluding steroid dienone is 1. The maximum absolute atomic E-state index is 13.0. The zero-order valence-corrected chi connectivity index (χ0v) is 15.8. The monoisotopic (exact) mass is 398 g/mol. The summed E-state index contributed by atoms with van der Waals surface area (Å²) in [5, 5.41) is 14.3. The standard InChI is InChI=1S/C18H25F3N6O/c1-17(2,25-8-4-3-5-13(23)11-26-24)16(28)27-14-7-6-12(10-22)15(9-14)18(19,20)21/h6-7,9,11,25-26H,3-5,8,23-24H2,1-2H3,(H,27,28)/b13-11-. The van der Waals surface area contributed by atoms with E-state index in [0.717, 1.165) is 25.0 Å². The van der Waals surface area contributed by atoms with Crippen molar-refractivity contribution in [3.63, 3.8) is 0 Å². The minimum atomic E-state index is -4.69. The Balaban J connectivity index is 2.66. The summed E-state index contributed by atoms with van der Waals surface area (Å²) in [5.41, 5.74) is 6.02. The summed E-state index contributed by atoms with van der Waals surface area (Å²) in [7, 11) is 0. The normalized spacial score (nSPS) is 12.4. The SMILES string of the molecule is CC(C)(NCCCC/C(N)=C/NN)C(=O)Nc1ccc(C#N)c(C(F)(F)F)c1. The van der Waals surface area contributed by atoms with Crippen LogP contribution in [-0.4, -0.2) is 18.0 Å². The highest BCUT2D eigenvalue weighted by Gasteiger charge is 2.34. The zero-order valence-electron chi connectivity index (χ0n) is 15.8. The maximum Gasteiger partial charge on any atom is 0.417 e. The number of alkyl halides is 3. The van der Waals surface area contributed by atoms with Crippen LogP contribution >= 0.6 is 0 Å². The smallest absolute Gasteiger partial charge is 0.401 e. The van der Waals surface area contributed by atoms with Crippen molar-refractivity contribution in [2.75, 3.05) is 11.9 Å². The van der Waals surface area contributed by atoms with Gasteiger partial charge >= 0.3 is 6.18 Å². The largest absolute Gasteiger partial charge is 0.417 e. The lowest BCUT2D eigenvalue weighted by molar-refractivity contribution is -0.137. The van der Waals surface area contributed by atoms with E-state index in [4.69, 9.17) is 16.8 Å². The van der Waals surface area contributed by atoms with Crippen LogP contribution in [0.2, 0.25) is 0 Å². The number of hydrogen-bond donors (Lipinski definition) is 5. The molecule has 0 unspecified atom stereocenters. The number of hydrazine groups is 1. The lowest BCUT2D eigenvalue weighted by Gasteiger charge is -2.25. The van der Waals surface area contributed by atoms with Gasteiger partial charge in [0.2, 0.25) is 5.91 Å². The molecule has 0 saturated carbocycles. The third kappa shape index (κ3) is 7.09. The second-order valence-corrected chi connectivity index (χ2v) is 6.72. The van der Waals surface area contributed by atoms with Gasteiger partial charge in [0.25, 0.3) is 0 Å². The van der Waals surface area contributed by atoms with Gasteiger partial charge in [-0.15, -0.1) is 0 Å². The van der Waals surface area contributed by atoms with Gasteiger partial charge in [-0.2, -0.15) is 18.4 Å². The Morgan fingerprint density at radius 1 is 1.29 bits per heavy atom. The Kier molecular flexibility index (Phi) is 8.28. The second-order valence-electron chi connectivity index (χ2n) is 6.72. The van der Waals surface area contributed by atoms with Crippen molar-refractivity contribution in [1.29, 1.82) is 5.26 Å². The fraction of sp³-hybridized carbons (Fsp3) is 0.444. The van der Waals surface area contributed by atoms with Crippen molar-refractivity contribution in [3.05, 3.63) is 41.2 Å². The number of nitrogens with zero attached hydrogens (tertiary/aromatic N) is 1. The van der Waals surface area contributed by atoms with Crippen molar-refractivity contribution >= 4 is 11.6 Å². The number of hydrogen-bond acceptors (Lipinski definition) is 6. The molecule has 28 heavy (non-hydrogen) atoms. The lowest BCUT2D eigenvalue weighted by Crippen LogP contribution is -2.50. The summed E-state index contributed by atoms with van der Waals surface area (Å²) in [6.45, 7) is 3.78. The van der Waals surface area contributed by atoms with Crippen LogP contribution in [0.4, 0.5) is 18.9 Å². The van der Waals surface area contributed by atoms with E-state index in [1.807, 2.05) is 0 Å². The highest BCUT2D eigenvalue weighted by Crippen LogP contribution is 2.33. The number of carbonyl (C=O) groups is 1. The van der Waals surface area contributed by atoms with Gasteiger partial charge in [0.1, 0.15) is 0 Å². The summed E-state index contributed by atoms with van der Waals surface area (Å²) < 4.78 is 39.1. The topological polar surface area (TPSA) is 129 Å². The molecule has 0 saturated heterocycles. The molecule has 0 bridgehead atoms. The number of halogens is 3. The Hall–Kier alpha value is -2.77. The minimum absolute atomic E-state index is 0.0293. The highest BCUT2D eigenvalue weighted by atomic mass is 19.4. The van der Waals surface area contributed by atoms with Crippen LogP contribution in [-0.2, 0) is 11.0 Å². The van der Waals surface area contributed by atoms with E-state index < -0.39 is 28.7 Å². The molecule has 0 spiro atoms. The number of carbonyl (C=O) groups excluding carboxylic acids is 1. The van der Waals surface area contributed by atoms with Crippen molar-refractivity contribution in [3.8, 4) is 6.07 Å². The van der Waals surface area contributed by atoms with E-state index in [-0.39, 0.29) is 5.69 Å². The van der Waals surface area contributed by atoms with E-state index in [1.165, 1.54) is 18.3 Å². The van der Waals surface area contributed by atoms with Crippen molar-refractivity contribution in [1.82, 2.24) is 10.7 Å². The van der Waals surface area contributed by atoms with Crippen LogP contribution in [0, 0.1) is 11.3 Å². The molecule has 0 heterocycles. The molecule has 0 aliphatic heterocycles. The van der Waals surface area contributed by atoms with Crippen molar-refractivity contribution in [2.24, 2.45) is 11.6 Å². The second kappa shape index (κ2) is 9.96. The molecule has 0 fully saturated rings. The summed E-state index contributed by atoms with van der Waals surface area (Å²) >= 11 is 0. The molecule has 10 heteroatoms. The van der Waals surface area contributed by atoms with Gasteiger partial charge in [0.05, 0.1) is 22.7 Å². The average Bonchev–Trinajstić information content (AvgIpc) is 2.60. The molecule has 7 N–H and O–H groups in total. The highest BCUT2D eigenvalue weighted by molar-refractivity contribution is 5.97. The summed E-state index contributed by atoms with van der Waals surface area (Å²) in [4.78, 5) is 12.4. The summed E-state index contributed by atoms with van der Waals surface area (Å²) in [6, 6.07) is 4.56. The Bertz CT molecular complexity index is 753. The molecule has 1 aromatic rings. The van der Waals surface area contributed by atoms with Gasteiger partial charge in [0.15, 0.2) is 0 Å². The van der Waals surface area contributed by atoms with Crippen LogP contribution in [0.3, 0.4) is 0 Å². The molecule has 1 aromatic carbocycles. The van der Waals surface area contributed by atoms with Gasteiger partial charge in [-0.25, -0.2) is 0 Å². The molecule has 1 amide bonds. The van der Waals surface area contributed by atoms with Crippen LogP contribution in [0.5, 0.6) is 0 Å². The number of nitrogens with one attached hydrogen (secondary N) is 3. The zero-order chi connectivity index (χ0) is 21.4. The number of nitriles is 1. The first-order valence-electron chi connectivity index (χ1n) is 8.59. The van der Waals surface area contributed by atoms with Crippen LogP contribution in [0.1, 0.15) is 44.2 Å². The van der Waals surface area contributed by atoms with Crippen LogP contribution in [0.15, 0.2) is 30.1 Å². The molecule has 154 valence electrons. The predicted octanol–water partition coefficient (Wildman–Crippen LogP) is 2.32. The lowest BCUT2D eigenvalue weighted by atomic mass is 10.0.